The van der Waals surface area contributed by atoms with Crippen molar-refractivity contribution in [2.75, 3.05) is 19.6 Å². The van der Waals surface area contributed by atoms with Crippen LogP contribution in [0.25, 0.3) is 0 Å². The number of benzene rings is 1. The Balaban J connectivity index is 1.63. The van der Waals surface area contributed by atoms with Crippen LogP contribution in [-0.2, 0) is 16.1 Å². The molecule has 1 amide bonds. The number of hydrogen-bond donors (Lipinski definition) is 1. The largest absolute Gasteiger partial charge is 0.364 e. The number of amides is 1. The smallest absolute Gasteiger partial charge is 0.248 e. The number of carbonyl (C=O) groups excluding carboxylic acids is 1. The summed E-state index contributed by atoms with van der Waals surface area (Å²) in [6.07, 6.45) is 3.45. The van der Waals surface area contributed by atoms with E-state index in [1.807, 2.05) is 37.3 Å². The van der Waals surface area contributed by atoms with Gasteiger partial charge in [0.1, 0.15) is 6.10 Å². The minimum absolute atomic E-state index is 0.0272. The Labute approximate surface area is 133 Å². The average Bonchev–Trinajstić information content (AvgIpc) is 2.55. The monoisotopic (exact) mass is 304 g/mol. The molecule has 1 aliphatic heterocycles. The SMILES string of the molecule is C[C@H](OCc1ccccc1)C(=O)NCCN1CCCC[C@@H]1C. The van der Waals surface area contributed by atoms with Gasteiger partial charge < -0.3 is 10.1 Å². The number of piperidine rings is 1. The van der Waals surface area contributed by atoms with E-state index in [-0.39, 0.29) is 5.91 Å². The first-order valence-corrected chi connectivity index (χ1v) is 8.34. The first-order valence-electron chi connectivity index (χ1n) is 8.34. The Bertz CT molecular complexity index is 450. The molecular weight excluding hydrogens is 276 g/mol. The summed E-state index contributed by atoms with van der Waals surface area (Å²) in [5, 5.41) is 2.98. The molecule has 1 aromatic rings. The molecule has 0 spiro atoms. The first-order chi connectivity index (χ1) is 10.7. The second kappa shape index (κ2) is 8.91. The van der Waals surface area contributed by atoms with Crippen LogP contribution in [-0.4, -0.2) is 42.6 Å². The second-order valence-corrected chi connectivity index (χ2v) is 6.11. The van der Waals surface area contributed by atoms with Gasteiger partial charge in [0.25, 0.3) is 0 Å². The molecule has 1 saturated heterocycles. The van der Waals surface area contributed by atoms with Crippen molar-refractivity contribution in [1.29, 1.82) is 0 Å². The highest BCUT2D eigenvalue weighted by atomic mass is 16.5. The zero-order valence-electron chi connectivity index (χ0n) is 13.8. The van der Waals surface area contributed by atoms with Crippen LogP contribution in [0.3, 0.4) is 0 Å². The summed E-state index contributed by atoms with van der Waals surface area (Å²) < 4.78 is 5.63. The molecule has 122 valence electrons. The molecule has 1 aromatic carbocycles. The van der Waals surface area contributed by atoms with E-state index >= 15 is 0 Å². The van der Waals surface area contributed by atoms with Gasteiger partial charge in [-0.05, 0) is 38.8 Å². The molecule has 1 fully saturated rings. The lowest BCUT2D eigenvalue weighted by Crippen LogP contribution is -2.44. The Kier molecular flexibility index (Phi) is 6.87. The van der Waals surface area contributed by atoms with E-state index < -0.39 is 6.10 Å². The minimum atomic E-state index is -0.418. The van der Waals surface area contributed by atoms with Gasteiger partial charge in [0, 0.05) is 19.1 Å². The summed E-state index contributed by atoms with van der Waals surface area (Å²) in [5.74, 6) is -0.0272. The predicted molar refractivity (Wildman–Crippen MR) is 88.6 cm³/mol. The summed E-state index contributed by atoms with van der Waals surface area (Å²) in [6.45, 7) is 7.32. The van der Waals surface area contributed by atoms with E-state index in [4.69, 9.17) is 4.74 Å². The van der Waals surface area contributed by atoms with Gasteiger partial charge in [-0.25, -0.2) is 0 Å². The molecule has 0 bridgehead atoms. The quantitative estimate of drug-likeness (QED) is 0.842. The maximum Gasteiger partial charge on any atom is 0.248 e. The van der Waals surface area contributed by atoms with Crippen LogP contribution in [0.1, 0.15) is 38.7 Å². The Hall–Kier alpha value is -1.39. The van der Waals surface area contributed by atoms with E-state index in [2.05, 4.69) is 17.1 Å². The van der Waals surface area contributed by atoms with Crippen molar-refractivity contribution in [1.82, 2.24) is 10.2 Å². The highest BCUT2D eigenvalue weighted by Gasteiger charge is 2.18. The molecule has 4 nitrogen and oxygen atoms in total. The summed E-state index contributed by atoms with van der Waals surface area (Å²) in [5.41, 5.74) is 1.09. The normalized spacial score (nSPS) is 20.5. The highest BCUT2D eigenvalue weighted by Crippen LogP contribution is 2.15. The standard InChI is InChI=1S/C18H28N2O2/c1-15-8-6-7-12-20(15)13-11-19-18(21)16(2)22-14-17-9-4-3-5-10-17/h3-5,9-10,15-16H,6-8,11-14H2,1-2H3,(H,19,21)/t15-,16-/m0/s1. The maximum absolute atomic E-state index is 12.0. The third-order valence-corrected chi connectivity index (χ3v) is 4.35. The van der Waals surface area contributed by atoms with Crippen LogP contribution in [0.15, 0.2) is 30.3 Å². The molecule has 1 N–H and O–H groups in total. The molecule has 2 atom stereocenters. The van der Waals surface area contributed by atoms with Gasteiger partial charge in [0.2, 0.25) is 5.91 Å². The minimum Gasteiger partial charge on any atom is -0.364 e. The van der Waals surface area contributed by atoms with Crippen LogP contribution >= 0.6 is 0 Å². The van der Waals surface area contributed by atoms with Crippen LogP contribution in [0, 0.1) is 0 Å². The van der Waals surface area contributed by atoms with E-state index in [1.54, 1.807) is 0 Å². The second-order valence-electron chi connectivity index (χ2n) is 6.11. The third-order valence-electron chi connectivity index (χ3n) is 4.35. The molecule has 2 rings (SSSR count). The van der Waals surface area contributed by atoms with Gasteiger partial charge in [-0.2, -0.15) is 0 Å². The van der Waals surface area contributed by atoms with Crippen LogP contribution in [0.4, 0.5) is 0 Å². The number of rotatable bonds is 7. The van der Waals surface area contributed by atoms with E-state index in [9.17, 15) is 4.79 Å². The van der Waals surface area contributed by atoms with Crippen molar-refractivity contribution in [3.63, 3.8) is 0 Å². The molecule has 0 saturated carbocycles. The number of carbonyl (C=O) groups is 1. The molecule has 22 heavy (non-hydrogen) atoms. The molecule has 1 heterocycles. The van der Waals surface area contributed by atoms with Crippen LogP contribution in [0.2, 0.25) is 0 Å². The topological polar surface area (TPSA) is 41.6 Å². The number of hydrogen-bond acceptors (Lipinski definition) is 3. The zero-order chi connectivity index (χ0) is 15.8. The lowest BCUT2D eigenvalue weighted by molar-refractivity contribution is -0.132. The lowest BCUT2D eigenvalue weighted by Gasteiger charge is -2.33. The van der Waals surface area contributed by atoms with E-state index in [0.717, 1.165) is 18.7 Å². The summed E-state index contributed by atoms with van der Waals surface area (Å²) in [6, 6.07) is 10.6. The van der Waals surface area contributed by atoms with Crippen molar-refractivity contribution >= 4 is 5.91 Å². The Morgan fingerprint density at radius 3 is 2.86 bits per heavy atom. The summed E-state index contributed by atoms with van der Waals surface area (Å²) in [7, 11) is 0. The van der Waals surface area contributed by atoms with Gasteiger partial charge >= 0.3 is 0 Å². The fourth-order valence-corrected chi connectivity index (χ4v) is 2.83. The fraction of sp³-hybridized carbons (Fsp3) is 0.611. The first kappa shape index (κ1) is 17.0. The maximum atomic E-state index is 12.0. The van der Waals surface area contributed by atoms with E-state index in [0.29, 0.717) is 19.2 Å². The Morgan fingerprint density at radius 2 is 2.14 bits per heavy atom. The summed E-state index contributed by atoms with van der Waals surface area (Å²) >= 11 is 0. The van der Waals surface area contributed by atoms with E-state index in [1.165, 1.54) is 19.3 Å². The number of nitrogens with one attached hydrogen (secondary N) is 1. The molecule has 0 aliphatic carbocycles. The van der Waals surface area contributed by atoms with Gasteiger partial charge in [-0.15, -0.1) is 0 Å². The van der Waals surface area contributed by atoms with Crippen molar-refractivity contribution in [2.45, 2.75) is 51.9 Å². The van der Waals surface area contributed by atoms with Crippen LogP contribution < -0.4 is 5.32 Å². The van der Waals surface area contributed by atoms with Gasteiger partial charge in [0.05, 0.1) is 6.61 Å². The Morgan fingerprint density at radius 1 is 1.36 bits per heavy atom. The van der Waals surface area contributed by atoms with Crippen molar-refractivity contribution in [3.8, 4) is 0 Å². The third kappa shape index (κ3) is 5.43. The fourth-order valence-electron chi connectivity index (χ4n) is 2.83. The van der Waals surface area contributed by atoms with Crippen molar-refractivity contribution in [3.05, 3.63) is 35.9 Å². The number of likely N-dealkylation sites (tertiary alicyclic amines) is 1. The number of ether oxygens (including phenoxy) is 1. The van der Waals surface area contributed by atoms with Crippen LogP contribution in [0.5, 0.6) is 0 Å². The average molecular weight is 304 g/mol. The number of nitrogens with zero attached hydrogens (tertiary/aromatic N) is 1. The van der Waals surface area contributed by atoms with Gasteiger partial charge in [-0.1, -0.05) is 36.8 Å². The molecular formula is C18H28N2O2. The zero-order valence-corrected chi connectivity index (χ0v) is 13.8. The molecule has 4 heteroatoms. The molecule has 0 unspecified atom stereocenters. The highest BCUT2D eigenvalue weighted by molar-refractivity contribution is 5.80. The molecule has 0 aromatic heterocycles. The van der Waals surface area contributed by atoms with Gasteiger partial charge in [-0.3, -0.25) is 9.69 Å². The van der Waals surface area contributed by atoms with Gasteiger partial charge in [0.15, 0.2) is 0 Å². The molecule has 1 aliphatic rings. The predicted octanol–water partition coefficient (Wildman–Crippen LogP) is 2.58. The molecule has 0 radical (unpaired) electrons. The lowest BCUT2D eigenvalue weighted by atomic mass is 10.0. The summed E-state index contributed by atoms with van der Waals surface area (Å²) in [4.78, 5) is 14.5. The van der Waals surface area contributed by atoms with Crippen molar-refractivity contribution < 1.29 is 9.53 Å². The van der Waals surface area contributed by atoms with Crippen molar-refractivity contribution in [2.24, 2.45) is 0 Å².